The number of rotatable bonds is 3. The maximum absolute atomic E-state index is 11.2. The number of aromatic nitrogens is 2. The van der Waals surface area contributed by atoms with Crippen molar-refractivity contribution in [3.8, 4) is 11.8 Å². The van der Waals surface area contributed by atoms with Crippen LogP contribution in [0.15, 0.2) is 42.6 Å². The Balaban J connectivity index is 2.12. The van der Waals surface area contributed by atoms with Gasteiger partial charge in [0, 0.05) is 12.3 Å². The second kappa shape index (κ2) is 4.94. The van der Waals surface area contributed by atoms with Crippen LogP contribution in [0.5, 0.6) is 0 Å². The number of carbonyl (C=O) groups excluding carboxylic acids is 1. The smallest absolute Gasteiger partial charge is 0.239 e. The Bertz CT molecular complexity index is 553. The molecule has 0 saturated heterocycles. The van der Waals surface area contributed by atoms with Crippen LogP contribution in [0.4, 0.5) is 5.82 Å². The highest BCUT2D eigenvalue weighted by atomic mass is 16.1. The summed E-state index contributed by atoms with van der Waals surface area (Å²) in [7, 11) is 0. The maximum Gasteiger partial charge on any atom is 0.239 e. The number of hydrogen-bond acceptors (Lipinski definition) is 3. The molecule has 0 aliphatic rings. The van der Waals surface area contributed by atoms with Gasteiger partial charge in [-0.05, 0) is 12.1 Å². The van der Waals surface area contributed by atoms with Gasteiger partial charge in [0.15, 0.2) is 5.82 Å². The molecule has 0 aliphatic carbocycles. The molecule has 0 unspecified atom stereocenters. The van der Waals surface area contributed by atoms with Gasteiger partial charge < -0.3 is 5.32 Å². The number of carbonyl (C=O) groups is 1. The van der Waals surface area contributed by atoms with Gasteiger partial charge in [0.2, 0.25) is 5.91 Å². The number of anilines is 1. The average Bonchev–Trinajstić information content (AvgIpc) is 2.79. The highest BCUT2D eigenvalue weighted by Crippen LogP contribution is 2.09. The van der Waals surface area contributed by atoms with E-state index in [9.17, 15) is 4.79 Å². The number of hydrogen-bond donors (Lipinski definition) is 1. The molecule has 0 radical (unpaired) electrons. The van der Waals surface area contributed by atoms with Crippen molar-refractivity contribution in [2.24, 2.45) is 0 Å². The lowest BCUT2D eigenvalue weighted by Gasteiger charge is -2.00. The maximum atomic E-state index is 11.2. The third kappa shape index (κ3) is 2.69. The second-order valence-electron chi connectivity index (χ2n) is 3.36. The van der Waals surface area contributed by atoms with Crippen LogP contribution >= 0.6 is 0 Å². The molecule has 2 rings (SSSR count). The molecule has 0 fully saturated rings. The van der Waals surface area contributed by atoms with Crippen LogP contribution in [0.1, 0.15) is 6.42 Å². The van der Waals surface area contributed by atoms with E-state index in [2.05, 4.69) is 10.4 Å². The normalized spacial score (nSPS) is 9.59. The molecule has 5 nitrogen and oxygen atoms in total. The fourth-order valence-electron chi connectivity index (χ4n) is 1.37. The van der Waals surface area contributed by atoms with E-state index in [1.807, 2.05) is 30.3 Å². The van der Waals surface area contributed by atoms with Gasteiger partial charge in [-0.1, -0.05) is 18.2 Å². The van der Waals surface area contributed by atoms with Gasteiger partial charge in [-0.15, -0.1) is 0 Å². The molecule has 17 heavy (non-hydrogen) atoms. The summed E-state index contributed by atoms with van der Waals surface area (Å²) < 4.78 is 1.65. The number of amides is 1. The summed E-state index contributed by atoms with van der Waals surface area (Å²) in [5, 5.41) is 15.1. The van der Waals surface area contributed by atoms with E-state index in [-0.39, 0.29) is 12.3 Å². The number of nitrogens with zero attached hydrogens (tertiary/aromatic N) is 3. The summed E-state index contributed by atoms with van der Waals surface area (Å²) in [5.41, 5.74) is 0.910. The minimum absolute atomic E-state index is 0.168. The first-order valence-corrected chi connectivity index (χ1v) is 5.07. The standard InChI is InChI=1S/C12H10N4O/c13-8-6-12(17)14-11-7-9-16(15-11)10-4-2-1-3-5-10/h1-5,7,9H,6H2,(H,14,15,17). The molecule has 84 valence electrons. The van der Waals surface area contributed by atoms with Gasteiger partial charge in [0.1, 0.15) is 6.42 Å². The average molecular weight is 226 g/mol. The van der Waals surface area contributed by atoms with E-state index >= 15 is 0 Å². The van der Waals surface area contributed by atoms with Crippen LogP contribution in [0, 0.1) is 11.3 Å². The van der Waals surface area contributed by atoms with Gasteiger partial charge in [-0.2, -0.15) is 10.4 Å². The highest BCUT2D eigenvalue weighted by molar-refractivity contribution is 5.91. The second-order valence-corrected chi connectivity index (χ2v) is 3.36. The molecular weight excluding hydrogens is 216 g/mol. The van der Waals surface area contributed by atoms with Crippen LogP contribution in [-0.2, 0) is 4.79 Å². The van der Waals surface area contributed by atoms with Crippen LogP contribution in [-0.4, -0.2) is 15.7 Å². The van der Waals surface area contributed by atoms with Crippen molar-refractivity contribution in [2.75, 3.05) is 5.32 Å². The van der Waals surface area contributed by atoms with Gasteiger partial charge in [0.25, 0.3) is 0 Å². The molecule has 1 aromatic heterocycles. The van der Waals surface area contributed by atoms with E-state index < -0.39 is 0 Å². The molecule has 1 heterocycles. The minimum atomic E-state index is -0.356. The molecule has 0 atom stereocenters. The number of para-hydroxylation sites is 1. The molecule has 0 bridgehead atoms. The van der Waals surface area contributed by atoms with Crippen molar-refractivity contribution in [3.63, 3.8) is 0 Å². The first kappa shape index (κ1) is 10.9. The Morgan fingerprint density at radius 3 is 2.82 bits per heavy atom. The zero-order valence-electron chi connectivity index (χ0n) is 9.00. The lowest BCUT2D eigenvalue weighted by Crippen LogP contribution is -2.10. The van der Waals surface area contributed by atoms with Crippen molar-refractivity contribution in [1.82, 2.24) is 9.78 Å². The van der Waals surface area contributed by atoms with Gasteiger partial charge in [-0.3, -0.25) is 4.79 Å². The summed E-state index contributed by atoms with van der Waals surface area (Å²) >= 11 is 0. The molecule has 0 aliphatic heterocycles. The van der Waals surface area contributed by atoms with Crippen molar-refractivity contribution in [2.45, 2.75) is 6.42 Å². The van der Waals surface area contributed by atoms with Crippen LogP contribution in [0.3, 0.4) is 0 Å². The summed E-state index contributed by atoms with van der Waals surface area (Å²) in [6.07, 6.45) is 1.58. The van der Waals surface area contributed by atoms with Crippen molar-refractivity contribution in [3.05, 3.63) is 42.6 Å². The Labute approximate surface area is 98.3 Å². The number of benzene rings is 1. The van der Waals surface area contributed by atoms with Gasteiger partial charge in [-0.25, -0.2) is 4.68 Å². The molecule has 1 N–H and O–H groups in total. The largest absolute Gasteiger partial charge is 0.308 e. The Kier molecular flexibility index (Phi) is 3.17. The quantitative estimate of drug-likeness (QED) is 0.866. The summed E-state index contributed by atoms with van der Waals surface area (Å²) in [4.78, 5) is 11.2. The van der Waals surface area contributed by atoms with Crippen molar-refractivity contribution >= 4 is 11.7 Å². The van der Waals surface area contributed by atoms with E-state index in [1.54, 1.807) is 23.0 Å². The SMILES string of the molecule is N#CCC(=O)Nc1ccn(-c2ccccc2)n1. The molecule has 0 spiro atoms. The zero-order chi connectivity index (χ0) is 12.1. The fraction of sp³-hybridized carbons (Fsp3) is 0.0833. The Morgan fingerprint density at radius 2 is 2.12 bits per heavy atom. The topological polar surface area (TPSA) is 70.7 Å². The molecule has 5 heteroatoms. The highest BCUT2D eigenvalue weighted by Gasteiger charge is 2.04. The first-order chi connectivity index (χ1) is 8.29. The van der Waals surface area contributed by atoms with Crippen LogP contribution < -0.4 is 5.32 Å². The Hall–Kier alpha value is -2.61. The number of nitrogens with one attached hydrogen (secondary N) is 1. The molecule has 1 aromatic carbocycles. The molecule has 2 aromatic rings. The summed E-state index contributed by atoms with van der Waals surface area (Å²) in [6, 6.07) is 13.0. The monoisotopic (exact) mass is 226 g/mol. The summed E-state index contributed by atoms with van der Waals surface area (Å²) in [5.74, 6) is 0.0833. The lowest BCUT2D eigenvalue weighted by atomic mass is 10.3. The third-order valence-corrected chi connectivity index (χ3v) is 2.12. The summed E-state index contributed by atoms with van der Waals surface area (Å²) in [6.45, 7) is 0. The van der Waals surface area contributed by atoms with Crippen molar-refractivity contribution in [1.29, 1.82) is 5.26 Å². The molecular formula is C12H10N4O. The predicted molar refractivity (Wildman–Crippen MR) is 62.4 cm³/mol. The Morgan fingerprint density at radius 1 is 1.35 bits per heavy atom. The van der Waals surface area contributed by atoms with E-state index in [0.717, 1.165) is 5.69 Å². The molecule has 1 amide bonds. The van der Waals surface area contributed by atoms with E-state index in [4.69, 9.17) is 5.26 Å². The number of nitriles is 1. The van der Waals surface area contributed by atoms with Crippen molar-refractivity contribution < 1.29 is 4.79 Å². The van der Waals surface area contributed by atoms with Crippen LogP contribution in [0.2, 0.25) is 0 Å². The van der Waals surface area contributed by atoms with Crippen LogP contribution in [0.25, 0.3) is 5.69 Å². The fourth-order valence-corrected chi connectivity index (χ4v) is 1.37. The third-order valence-electron chi connectivity index (χ3n) is 2.12. The van der Waals surface area contributed by atoms with E-state index in [0.29, 0.717) is 5.82 Å². The first-order valence-electron chi connectivity index (χ1n) is 5.07. The minimum Gasteiger partial charge on any atom is -0.308 e. The zero-order valence-corrected chi connectivity index (χ0v) is 9.00. The van der Waals surface area contributed by atoms with Gasteiger partial charge in [0.05, 0.1) is 11.8 Å². The predicted octanol–water partition coefficient (Wildman–Crippen LogP) is 1.72. The molecule has 0 saturated carbocycles. The van der Waals surface area contributed by atoms with Gasteiger partial charge >= 0.3 is 0 Å². The lowest BCUT2D eigenvalue weighted by molar-refractivity contribution is -0.115. The van der Waals surface area contributed by atoms with E-state index in [1.165, 1.54) is 0 Å².